The molecule has 9 nitrogen and oxygen atoms in total. The topological polar surface area (TPSA) is 135 Å². The van der Waals surface area contributed by atoms with Crippen LogP contribution in [-0.4, -0.2) is 54.7 Å². The third-order valence-electron chi connectivity index (χ3n) is 6.50. The summed E-state index contributed by atoms with van der Waals surface area (Å²) in [5, 5.41) is 13.6. The Hall–Kier alpha value is -4.18. The molecule has 1 spiro atoms. The Labute approximate surface area is 246 Å². The number of carbonyl (C=O) groups excluding carboxylic acids is 3. The monoisotopic (exact) mass is 598 g/mol. The molecule has 5 rings (SSSR count). The maximum atomic E-state index is 14.1. The van der Waals surface area contributed by atoms with Crippen molar-refractivity contribution < 1.29 is 32.6 Å². The second-order valence-corrected chi connectivity index (χ2v) is 10.1. The van der Waals surface area contributed by atoms with Crippen LogP contribution in [0.4, 0.5) is 8.78 Å². The van der Waals surface area contributed by atoms with E-state index >= 15 is 0 Å². The Morgan fingerprint density at radius 2 is 1.83 bits per heavy atom. The molecular formula is C30H32F2N4O5S. The van der Waals surface area contributed by atoms with Gasteiger partial charge in [0.25, 0.3) is 0 Å². The molecule has 2 aliphatic heterocycles. The van der Waals surface area contributed by atoms with Crippen LogP contribution in [0.15, 0.2) is 53.9 Å². The van der Waals surface area contributed by atoms with Crippen molar-refractivity contribution >= 4 is 29.6 Å². The largest absolute Gasteiger partial charge is 0.372 e. The molecule has 1 aromatic heterocycles. The molecule has 0 saturated carbocycles. The van der Waals surface area contributed by atoms with Gasteiger partial charge in [-0.25, -0.2) is 8.78 Å². The van der Waals surface area contributed by atoms with Crippen molar-refractivity contribution in [1.29, 1.82) is 5.26 Å². The maximum Gasteiger partial charge on any atom is 0.243 e. The van der Waals surface area contributed by atoms with Gasteiger partial charge in [-0.05, 0) is 29.3 Å². The number of ether oxygens (including phenoxy) is 2. The van der Waals surface area contributed by atoms with Crippen molar-refractivity contribution in [2.75, 3.05) is 19.8 Å². The van der Waals surface area contributed by atoms with Crippen molar-refractivity contribution in [3.63, 3.8) is 0 Å². The zero-order valence-electron chi connectivity index (χ0n) is 23.3. The standard InChI is InChI=1S/C27H23F2N3O4S.C2H6.CH3NO/c28-20-5-6-22(23(29)11-20)19-3-1-17(2-4-19)10-25(33)32-16-27(35-7-8-36-27)12-24(32)26(34)31-14-21-9-18(13-30)15-37-21;1-2;2-1-3/h1-6,9,11,15,24H,7-8,10,12,14,16H2,(H,31,34);1-2H3;1H,(H2,2,3). The van der Waals surface area contributed by atoms with Crippen LogP contribution >= 0.6 is 11.3 Å². The zero-order chi connectivity index (χ0) is 30.7. The van der Waals surface area contributed by atoms with Crippen molar-refractivity contribution in [2.45, 2.75) is 45.1 Å². The van der Waals surface area contributed by atoms with E-state index in [1.165, 1.54) is 28.4 Å². The molecule has 0 radical (unpaired) electrons. The van der Waals surface area contributed by atoms with E-state index < -0.39 is 23.5 Å². The molecule has 2 fully saturated rings. The molecule has 3 heterocycles. The summed E-state index contributed by atoms with van der Waals surface area (Å²) in [5.74, 6) is -2.90. The van der Waals surface area contributed by atoms with Crippen molar-refractivity contribution in [1.82, 2.24) is 10.2 Å². The van der Waals surface area contributed by atoms with Crippen molar-refractivity contribution in [3.05, 3.63) is 81.5 Å². The molecule has 12 heteroatoms. The van der Waals surface area contributed by atoms with Crippen LogP contribution in [0.3, 0.4) is 0 Å². The summed E-state index contributed by atoms with van der Waals surface area (Å²) < 4.78 is 38.9. The third kappa shape index (κ3) is 7.97. The van der Waals surface area contributed by atoms with Gasteiger partial charge in [-0.15, -0.1) is 11.3 Å². The molecule has 0 aliphatic carbocycles. The number of primary amides is 1. The van der Waals surface area contributed by atoms with E-state index in [1.807, 2.05) is 13.8 Å². The first-order chi connectivity index (χ1) is 20.3. The lowest BCUT2D eigenvalue weighted by molar-refractivity contribution is -0.152. The molecule has 42 heavy (non-hydrogen) atoms. The number of nitrogens with two attached hydrogens (primary N) is 1. The first kappa shape index (κ1) is 32.3. The summed E-state index contributed by atoms with van der Waals surface area (Å²) >= 11 is 1.38. The quantitative estimate of drug-likeness (QED) is 0.414. The molecule has 1 atom stereocenters. The summed E-state index contributed by atoms with van der Waals surface area (Å²) in [6, 6.07) is 13.2. The van der Waals surface area contributed by atoms with Crippen molar-refractivity contribution in [2.24, 2.45) is 5.73 Å². The fraction of sp³-hybridized carbons (Fsp3) is 0.333. The Kier molecular flexibility index (Phi) is 11.7. The normalized spacial score (nSPS) is 16.5. The number of nitriles is 1. The molecular weight excluding hydrogens is 566 g/mol. The number of carbonyl (C=O) groups is 3. The van der Waals surface area contributed by atoms with Crippen LogP contribution in [0.25, 0.3) is 11.1 Å². The minimum atomic E-state index is -1.00. The highest BCUT2D eigenvalue weighted by Crippen LogP contribution is 2.35. The molecule has 0 bridgehead atoms. The minimum absolute atomic E-state index is 0.0303. The number of thiophene rings is 1. The number of hydrogen-bond donors (Lipinski definition) is 2. The average molecular weight is 599 g/mol. The van der Waals surface area contributed by atoms with Gasteiger partial charge in [-0.2, -0.15) is 5.26 Å². The van der Waals surface area contributed by atoms with E-state index in [1.54, 1.807) is 35.7 Å². The molecule has 2 aromatic carbocycles. The van der Waals surface area contributed by atoms with Gasteiger partial charge in [-0.3, -0.25) is 14.4 Å². The van der Waals surface area contributed by atoms with Crippen LogP contribution in [0.1, 0.15) is 36.3 Å². The summed E-state index contributed by atoms with van der Waals surface area (Å²) in [5.41, 5.74) is 6.21. The number of likely N-dealkylation sites (tertiary alicyclic amines) is 1. The number of nitrogens with one attached hydrogen (secondary N) is 1. The van der Waals surface area contributed by atoms with E-state index in [2.05, 4.69) is 17.1 Å². The van der Waals surface area contributed by atoms with E-state index in [0.717, 1.165) is 10.9 Å². The van der Waals surface area contributed by atoms with Gasteiger partial charge in [0.2, 0.25) is 18.2 Å². The van der Waals surface area contributed by atoms with Gasteiger partial charge >= 0.3 is 0 Å². The second-order valence-electron chi connectivity index (χ2n) is 9.11. The number of hydrogen-bond acceptors (Lipinski definition) is 7. The number of halogens is 2. The first-order valence-electron chi connectivity index (χ1n) is 13.3. The number of nitrogens with zero attached hydrogens (tertiary/aromatic N) is 2. The average Bonchev–Trinajstić information content (AvgIpc) is 3.74. The molecule has 3 amide bonds. The zero-order valence-corrected chi connectivity index (χ0v) is 24.1. The van der Waals surface area contributed by atoms with Crippen LogP contribution in [0, 0.1) is 23.0 Å². The summed E-state index contributed by atoms with van der Waals surface area (Å²) in [6.07, 6.45) is 0.504. The molecule has 2 saturated heterocycles. The van der Waals surface area contributed by atoms with Gasteiger partial charge in [0.15, 0.2) is 5.79 Å². The van der Waals surface area contributed by atoms with Gasteiger partial charge in [-0.1, -0.05) is 38.1 Å². The predicted octanol–water partition coefficient (Wildman–Crippen LogP) is 3.90. The predicted molar refractivity (Wildman–Crippen MR) is 153 cm³/mol. The fourth-order valence-corrected chi connectivity index (χ4v) is 5.42. The lowest BCUT2D eigenvalue weighted by atomic mass is 10.0. The maximum absolute atomic E-state index is 14.1. The Bertz CT molecular complexity index is 1420. The SMILES string of the molecule is CC.N#Cc1csc(CNC(=O)C2CC3(CN2C(=O)Cc2ccc(-c4ccc(F)cc4F)cc2)OCCO3)c1.NC=O. The summed E-state index contributed by atoms with van der Waals surface area (Å²) in [7, 11) is 0. The smallest absolute Gasteiger partial charge is 0.243 e. The number of rotatable bonds is 6. The number of benzene rings is 2. The molecule has 2 aliphatic rings. The second kappa shape index (κ2) is 15.2. The van der Waals surface area contributed by atoms with E-state index in [9.17, 15) is 18.4 Å². The summed E-state index contributed by atoms with van der Waals surface area (Å²) in [4.78, 5) is 37.4. The minimum Gasteiger partial charge on any atom is -0.372 e. The highest BCUT2D eigenvalue weighted by atomic mass is 32.1. The lowest BCUT2D eigenvalue weighted by Gasteiger charge is -2.24. The third-order valence-corrected chi connectivity index (χ3v) is 7.44. The van der Waals surface area contributed by atoms with E-state index in [4.69, 9.17) is 19.5 Å². The highest BCUT2D eigenvalue weighted by molar-refractivity contribution is 7.10. The van der Waals surface area contributed by atoms with E-state index in [-0.39, 0.29) is 49.7 Å². The first-order valence-corrected chi connectivity index (χ1v) is 14.2. The van der Waals surface area contributed by atoms with Crippen LogP contribution in [0.2, 0.25) is 0 Å². The van der Waals surface area contributed by atoms with Crippen LogP contribution < -0.4 is 11.1 Å². The number of amides is 3. The van der Waals surface area contributed by atoms with Crippen molar-refractivity contribution in [3.8, 4) is 17.2 Å². The van der Waals surface area contributed by atoms with Gasteiger partial charge in [0, 0.05) is 28.3 Å². The Morgan fingerprint density at radius 1 is 1.17 bits per heavy atom. The highest BCUT2D eigenvalue weighted by Gasteiger charge is 2.52. The van der Waals surface area contributed by atoms with Gasteiger partial charge < -0.3 is 25.4 Å². The molecule has 3 N–H and O–H groups in total. The summed E-state index contributed by atoms with van der Waals surface area (Å²) in [6.45, 7) is 5.17. The molecule has 222 valence electrons. The fourth-order valence-electron chi connectivity index (χ4n) is 4.67. The Balaban J connectivity index is 0.000000910. The van der Waals surface area contributed by atoms with Gasteiger partial charge in [0.1, 0.15) is 23.7 Å². The van der Waals surface area contributed by atoms with Gasteiger partial charge in [0.05, 0.1) is 38.3 Å². The molecule has 1 unspecified atom stereocenters. The molecule has 3 aromatic rings. The lowest BCUT2D eigenvalue weighted by Crippen LogP contribution is -2.46. The van der Waals surface area contributed by atoms with E-state index in [0.29, 0.717) is 29.9 Å². The Morgan fingerprint density at radius 3 is 2.43 bits per heavy atom. The van der Waals surface area contributed by atoms with Crippen LogP contribution in [0.5, 0.6) is 0 Å². The van der Waals surface area contributed by atoms with Crippen LogP contribution in [-0.2, 0) is 36.8 Å².